The molecule has 0 aliphatic carbocycles. The Labute approximate surface area is 190 Å². The van der Waals surface area contributed by atoms with Gasteiger partial charge in [0.05, 0.1) is 4.90 Å². The summed E-state index contributed by atoms with van der Waals surface area (Å²) in [5.41, 5.74) is 3.68. The minimum Gasteiger partial charge on any atom is -0.323 e. The molecule has 1 N–H and O–H groups in total. The van der Waals surface area contributed by atoms with Crippen molar-refractivity contribution in [1.82, 2.24) is 4.31 Å². The van der Waals surface area contributed by atoms with Crippen LogP contribution in [0.25, 0.3) is 6.08 Å². The van der Waals surface area contributed by atoms with E-state index in [0.29, 0.717) is 25.2 Å². The Kier molecular flexibility index (Phi) is 6.36. The molecule has 0 atom stereocenters. The van der Waals surface area contributed by atoms with Gasteiger partial charge in [0.2, 0.25) is 15.9 Å². The minimum atomic E-state index is -3.60. The summed E-state index contributed by atoms with van der Waals surface area (Å²) in [7, 11) is -3.60. The zero-order chi connectivity index (χ0) is 21.8. The van der Waals surface area contributed by atoms with Crippen molar-refractivity contribution in [3.63, 3.8) is 0 Å². The van der Waals surface area contributed by atoms with Crippen molar-refractivity contribution in [2.45, 2.75) is 17.9 Å². The number of rotatable bonds is 5. The van der Waals surface area contributed by atoms with Crippen LogP contribution in [0.2, 0.25) is 0 Å². The SMILES string of the molecule is O=C(/C=C/c1ccc(Br)cc1)Nc1ccc(S(=O)(=O)N2CCc3ccccc3C2)cc1. The molecule has 0 spiro atoms. The first-order valence-corrected chi connectivity index (χ1v) is 12.1. The number of amides is 1. The molecule has 5 nitrogen and oxygen atoms in total. The van der Waals surface area contributed by atoms with Gasteiger partial charge in [-0.15, -0.1) is 0 Å². The van der Waals surface area contributed by atoms with Gasteiger partial charge in [-0.3, -0.25) is 4.79 Å². The topological polar surface area (TPSA) is 66.5 Å². The normalized spacial score (nSPS) is 14.4. The number of hydrogen-bond acceptors (Lipinski definition) is 3. The zero-order valence-corrected chi connectivity index (χ0v) is 19.1. The van der Waals surface area contributed by atoms with E-state index in [1.54, 1.807) is 18.2 Å². The third-order valence-electron chi connectivity index (χ3n) is 5.15. The van der Waals surface area contributed by atoms with Crippen LogP contribution in [-0.2, 0) is 27.8 Å². The average molecular weight is 497 g/mol. The molecule has 1 heterocycles. The largest absolute Gasteiger partial charge is 0.323 e. The lowest BCUT2D eigenvalue weighted by Gasteiger charge is -2.28. The quantitative estimate of drug-likeness (QED) is 0.513. The molecule has 0 radical (unpaired) electrons. The third-order valence-corrected chi connectivity index (χ3v) is 7.54. The number of hydrogen-bond donors (Lipinski definition) is 1. The predicted molar refractivity (Wildman–Crippen MR) is 126 cm³/mol. The van der Waals surface area contributed by atoms with E-state index in [2.05, 4.69) is 21.2 Å². The first kappa shape index (κ1) is 21.5. The van der Waals surface area contributed by atoms with Gasteiger partial charge in [-0.2, -0.15) is 4.31 Å². The summed E-state index contributed by atoms with van der Waals surface area (Å²) in [5, 5.41) is 2.75. The molecule has 0 unspecified atom stereocenters. The fourth-order valence-electron chi connectivity index (χ4n) is 3.46. The molecule has 0 bridgehead atoms. The van der Waals surface area contributed by atoms with Gasteiger partial charge in [0.25, 0.3) is 0 Å². The Bertz CT molecular complexity index is 1220. The fourth-order valence-corrected chi connectivity index (χ4v) is 5.15. The Balaban J connectivity index is 1.41. The highest BCUT2D eigenvalue weighted by Crippen LogP contribution is 2.25. The summed E-state index contributed by atoms with van der Waals surface area (Å²) >= 11 is 3.37. The molecule has 158 valence electrons. The van der Waals surface area contributed by atoms with E-state index in [1.807, 2.05) is 48.5 Å². The van der Waals surface area contributed by atoms with Crippen molar-refractivity contribution in [3.05, 3.63) is 100 Å². The van der Waals surface area contributed by atoms with E-state index < -0.39 is 10.0 Å². The first-order valence-electron chi connectivity index (χ1n) is 9.83. The molecule has 1 aliphatic heterocycles. The average Bonchev–Trinajstić information content (AvgIpc) is 2.79. The number of benzene rings is 3. The van der Waals surface area contributed by atoms with Gasteiger partial charge in [-0.1, -0.05) is 52.3 Å². The molecule has 1 aliphatic rings. The van der Waals surface area contributed by atoms with Crippen LogP contribution in [0, 0.1) is 0 Å². The van der Waals surface area contributed by atoms with Crippen molar-refractivity contribution >= 4 is 43.6 Å². The molecule has 1 amide bonds. The van der Waals surface area contributed by atoms with Crippen LogP contribution >= 0.6 is 15.9 Å². The second kappa shape index (κ2) is 9.18. The number of anilines is 1. The highest BCUT2D eigenvalue weighted by atomic mass is 79.9. The maximum Gasteiger partial charge on any atom is 0.248 e. The number of nitrogens with zero attached hydrogens (tertiary/aromatic N) is 1. The van der Waals surface area contributed by atoms with Crippen molar-refractivity contribution in [2.24, 2.45) is 0 Å². The summed E-state index contributed by atoms with van der Waals surface area (Å²) in [6, 6.07) is 21.8. The van der Waals surface area contributed by atoms with Gasteiger partial charge in [0.15, 0.2) is 0 Å². The molecule has 0 aromatic heterocycles. The highest BCUT2D eigenvalue weighted by molar-refractivity contribution is 9.10. The Morgan fingerprint density at radius 2 is 1.61 bits per heavy atom. The van der Waals surface area contributed by atoms with Crippen LogP contribution < -0.4 is 5.32 Å². The standard InChI is InChI=1S/C24H21BrN2O3S/c25-21-8-5-18(6-9-21)7-14-24(28)26-22-10-12-23(13-11-22)31(29,30)27-16-15-19-3-1-2-4-20(19)17-27/h1-14H,15-17H2,(H,26,28)/b14-7+. The number of fused-ring (bicyclic) bond motifs is 1. The molecule has 3 aromatic carbocycles. The molecule has 4 rings (SSSR count). The van der Waals surface area contributed by atoms with E-state index >= 15 is 0 Å². The van der Waals surface area contributed by atoms with E-state index in [1.165, 1.54) is 28.1 Å². The maximum atomic E-state index is 13.0. The predicted octanol–water partition coefficient (Wildman–Crippen LogP) is 4.85. The van der Waals surface area contributed by atoms with Crippen molar-refractivity contribution in [2.75, 3.05) is 11.9 Å². The van der Waals surface area contributed by atoms with E-state index in [-0.39, 0.29) is 10.8 Å². The lowest BCUT2D eigenvalue weighted by molar-refractivity contribution is -0.111. The van der Waals surface area contributed by atoms with E-state index in [0.717, 1.165) is 15.6 Å². The number of halogens is 1. The minimum absolute atomic E-state index is 0.218. The second-order valence-electron chi connectivity index (χ2n) is 7.26. The smallest absolute Gasteiger partial charge is 0.248 e. The van der Waals surface area contributed by atoms with Crippen molar-refractivity contribution in [3.8, 4) is 0 Å². The van der Waals surface area contributed by atoms with Crippen LogP contribution in [0.1, 0.15) is 16.7 Å². The molecule has 7 heteroatoms. The molecular weight excluding hydrogens is 476 g/mol. The molecule has 31 heavy (non-hydrogen) atoms. The number of carbonyl (C=O) groups is 1. The second-order valence-corrected chi connectivity index (χ2v) is 10.1. The van der Waals surface area contributed by atoms with E-state index in [4.69, 9.17) is 0 Å². The van der Waals surface area contributed by atoms with Crippen LogP contribution in [0.3, 0.4) is 0 Å². The van der Waals surface area contributed by atoms with Crippen LogP contribution in [-0.4, -0.2) is 25.2 Å². The number of nitrogens with one attached hydrogen (secondary N) is 1. The summed E-state index contributed by atoms with van der Waals surface area (Å²) < 4.78 is 28.5. The van der Waals surface area contributed by atoms with Crippen LogP contribution in [0.4, 0.5) is 5.69 Å². The van der Waals surface area contributed by atoms with Crippen molar-refractivity contribution in [1.29, 1.82) is 0 Å². The van der Waals surface area contributed by atoms with E-state index in [9.17, 15) is 13.2 Å². The lowest BCUT2D eigenvalue weighted by atomic mass is 10.0. The summed E-state index contributed by atoms with van der Waals surface area (Å²) in [6.07, 6.45) is 3.86. The third kappa shape index (κ3) is 5.12. The van der Waals surface area contributed by atoms with Gasteiger partial charge in [-0.25, -0.2) is 8.42 Å². The number of sulfonamides is 1. The Morgan fingerprint density at radius 3 is 2.32 bits per heavy atom. The maximum absolute atomic E-state index is 13.0. The molecule has 0 fully saturated rings. The van der Waals surface area contributed by atoms with Gasteiger partial charge in [-0.05, 0) is 65.6 Å². The van der Waals surface area contributed by atoms with Crippen LogP contribution in [0.5, 0.6) is 0 Å². The van der Waals surface area contributed by atoms with Crippen molar-refractivity contribution < 1.29 is 13.2 Å². The summed E-state index contributed by atoms with van der Waals surface area (Å²) in [4.78, 5) is 12.4. The zero-order valence-electron chi connectivity index (χ0n) is 16.7. The molecule has 3 aromatic rings. The molecular formula is C24H21BrN2O3S. The monoisotopic (exact) mass is 496 g/mol. The molecule has 0 saturated heterocycles. The summed E-state index contributed by atoms with van der Waals surface area (Å²) in [6.45, 7) is 0.830. The highest BCUT2D eigenvalue weighted by Gasteiger charge is 2.28. The van der Waals surface area contributed by atoms with Crippen LogP contribution in [0.15, 0.2) is 88.2 Å². The van der Waals surface area contributed by atoms with Gasteiger partial charge in [0.1, 0.15) is 0 Å². The van der Waals surface area contributed by atoms with Gasteiger partial charge < -0.3 is 5.32 Å². The first-order chi connectivity index (χ1) is 14.9. The van der Waals surface area contributed by atoms with Gasteiger partial charge >= 0.3 is 0 Å². The fraction of sp³-hybridized carbons (Fsp3) is 0.125. The Hall–Kier alpha value is -2.74. The molecule has 0 saturated carbocycles. The van der Waals surface area contributed by atoms with Gasteiger partial charge in [0, 0.05) is 29.3 Å². The Morgan fingerprint density at radius 1 is 0.935 bits per heavy atom. The number of carbonyl (C=O) groups excluding carboxylic acids is 1. The summed E-state index contributed by atoms with van der Waals surface area (Å²) in [5.74, 6) is -0.286. The lowest BCUT2D eigenvalue weighted by Crippen LogP contribution is -2.35.